The monoisotopic (exact) mass is 221 g/mol. The highest BCUT2D eigenvalue weighted by Gasteiger charge is 2.11. The van der Waals surface area contributed by atoms with Gasteiger partial charge in [0.25, 0.3) is 0 Å². The molecule has 0 aliphatic rings. The van der Waals surface area contributed by atoms with Crippen molar-refractivity contribution in [2.24, 2.45) is 0 Å². The van der Waals surface area contributed by atoms with Crippen molar-refractivity contribution < 1.29 is 9.63 Å². The van der Waals surface area contributed by atoms with E-state index in [4.69, 9.17) is 4.52 Å². The summed E-state index contributed by atoms with van der Waals surface area (Å²) in [4.78, 5) is 0. The van der Waals surface area contributed by atoms with Crippen LogP contribution < -0.4 is 0 Å². The van der Waals surface area contributed by atoms with Gasteiger partial charge in [-0.15, -0.1) is 0 Å². The fraction of sp³-hybridized carbons (Fsp3) is 0.455. The fourth-order valence-corrected chi connectivity index (χ4v) is 1.58. The normalized spacial score (nSPS) is 13.0. The van der Waals surface area contributed by atoms with Crippen molar-refractivity contribution in [3.05, 3.63) is 35.0 Å². The summed E-state index contributed by atoms with van der Waals surface area (Å²) in [5, 5.41) is 17.5. The van der Waals surface area contributed by atoms with E-state index in [0.717, 1.165) is 17.0 Å². The first-order valence-electron chi connectivity index (χ1n) is 5.21. The molecule has 5 nitrogen and oxygen atoms in total. The summed E-state index contributed by atoms with van der Waals surface area (Å²) in [5.74, 6) is 0.812. The number of hydrogen-bond acceptors (Lipinski definition) is 4. The lowest BCUT2D eigenvalue weighted by Gasteiger charge is -2.01. The van der Waals surface area contributed by atoms with Gasteiger partial charge in [0.15, 0.2) is 0 Å². The van der Waals surface area contributed by atoms with Crippen molar-refractivity contribution >= 4 is 0 Å². The second-order valence-electron chi connectivity index (χ2n) is 3.92. The minimum Gasteiger partial charge on any atom is -0.387 e. The average molecular weight is 221 g/mol. The maximum Gasteiger partial charge on any atom is 0.138 e. The highest BCUT2D eigenvalue weighted by molar-refractivity contribution is 5.21. The van der Waals surface area contributed by atoms with Crippen molar-refractivity contribution in [2.45, 2.75) is 33.4 Å². The molecule has 0 spiro atoms. The summed E-state index contributed by atoms with van der Waals surface area (Å²) in [7, 11) is 0. The van der Waals surface area contributed by atoms with E-state index in [1.807, 2.05) is 26.1 Å². The molecule has 0 aliphatic heterocycles. The molecule has 2 aromatic rings. The molecular weight excluding hydrogens is 206 g/mol. The van der Waals surface area contributed by atoms with Gasteiger partial charge >= 0.3 is 0 Å². The number of hydrogen-bond donors (Lipinski definition) is 1. The molecule has 1 N–H and O–H groups in total. The molecule has 0 aliphatic carbocycles. The minimum absolute atomic E-state index is 0.536. The number of aliphatic hydroxyl groups excluding tert-OH is 1. The number of aryl methyl sites for hydroxylation is 2. The quantitative estimate of drug-likeness (QED) is 0.854. The molecule has 2 heterocycles. The van der Waals surface area contributed by atoms with E-state index < -0.39 is 6.10 Å². The van der Waals surface area contributed by atoms with Crippen molar-refractivity contribution in [1.29, 1.82) is 0 Å². The lowest BCUT2D eigenvalue weighted by molar-refractivity contribution is 0.193. The van der Waals surface area contributed by atoms with Gasteiger partial charge in [0.05, 0.1) is 24.0 Å². The first-order valence-corrected chi connectivity index (χ1v) is 5.21. The van der Waals surface area contributed by atoms with Crippen molar-refractivity contribution in [3.8, 4) is 0 Å². The molecule has 0 amide bonds. The molecule has 2 aromatic heterocycles. The van der Waals surface area contributed by atoms with Gasteiger partial charge in [-0.25, -0.2) is 0 Å². The zero-order valence-electron chi connectivity index (χ0n) is 9.64. The number of rotatable bonds is 3. The molecule has 0 unspecified atom stereocenters. The van der Waals surface area contributed by atoms with Gasteiger partial charge < -0.3 is 9.63 Å². The van der Waals surface area contributed by atoms with E-state index in [-0.39, 0.29) is 0 Å². The summed E-state index contributed by atoms with van der Waals surface area (Å²) < 4.78 is 6.85. The largest absolute Gasteiger partial charge is 0.387 e. The van der Waals surface area contributed by atoms with Crippen LogP contribution >= 0.6 is 0 Å². The summed E-state index contributed by atoms with van der Waals surface area (Å²) in [5.41, 5.74) is 2.60. The Hall–Kier alpha value is -1.62. The van der Waals surface area contributed by atoms with Crippen LogP contribution in [0.4, 0.5) is 0 Å². The van der Waals surface area contributed by atoms with Gasteiger partial charge in [-0.1, -0.05) is 5.16 Å². The van der Waals surface area contributed by atoms with Crippen LogP contribution in [0.15, 0.2) is 16.8 Å². The SMILES string of the molecule is Cc1noc(C)c1Cn1ccc([C@@H](C)O)n1. The van der Waals surface area contributed by atoms with Gasteiger partial charge in [0.2, 0.25) is 0 Å². The van der Waals surface area contributed by atoms with E-state index in [0.29, 0.717) is 12.2 Å². The maximum atomic E-state index is 9.37. The molecule has 5 heteroatoms. The predicted molar refractivity (Wildman–Crippen MR) is 57.9 cm³/mol. The summed E-state index contributed by atoms with van der Waals surface area (Å²) >= 11 is 0. The zero-order chi connectivity index (χ0) is 11.7. The van der Waals surface area contributed by atoms with Crippen LogP contribution in [0.3, 0.4) is 0 Å². The van der Waals surface area contributed by atoms with Crippen LogP contribution in [0.25, 0.3) is 0 Å². The van der Waals surface area contributed by atoms with Crippen LogP contribution in [-0.4, -0.2) is 20.0 Å². The van der Waals surface area contributed by atoms with Crippen LogP contribution in [0.5, 0.6) is 0 Å². The molecular formula is C11H15N3O2. The van der Waals surface area contributed by atoms with Gasteiger partial charge in [-0.3, -0.25) is 4.68 Å². The first kappa shape index (κ1) is 10.9. The summed E-state index contributed by atoms with van der Waals surface area (Å²) in [6.45, 7) is 6.11. The molecule has 1 atom stereocenters. The standard InChI is InChI=1S/C11H15N3O2/c1-7-10(9(3)16-13-7)6-14-5-4-11(12-14)8(2)15/h4-5,8,15H,6H2,1-3H3/t8-/m1/s1. The van der Waals surface area contributed by atoms with Crippen LogP contribution in [0.2, 0.25) is 0 Å². The molecule has 16 heavy (non-hydrogen) atoms. The molecule has 0 saturated carbocycles. The summed E-state index contributed by atoms with van der Waals surface area (Å²) in [6, 6.07) is 1.81. The molecule has 0 radical (unpaired) electrons. The van der Waals surface area contributed by atoms with Crippen LogP contribution in [0.1, 0.15) is 35.7 Å². The molecule has 0 bridgehead atoms. The highest BCUT2D eigenvalue weighted by atomic mass is 16.5. The molecule has 0 saturated heterocycles. The highest BCUT2D eigenvalue weighted by Crippen LogP contribution is 2.15. The van der Waals surface area contributed by atoms with Crippen molar-refractivity contribution in [1.82, 2.24) is 14.9 Å². The van der Waals surface area contributed by atoms with Gasteiger partial charge in [0.1, 0.15) is 5.76 Å². The third kappa shape index (κ3) is 1.99. The maximum absolute atomic E-state index is 9.37. The lowest BCUT2D eigenvalue weighted by atomic mass is 10.2. The Balaban J connectivity index is 2.21. The van der Waals surface area contributed by atoms with E-state index in [2.05, 4.69) is 10.3 Å². The van der Waals surface area contributed by atoms with E-state index in [1.54, 1.807) is 11.6 Å². The number of aliphatic hydroxyl groups is 1. The second kappa shape index (κ2) is 4.09. The van der Waals surface area contributed by atoms with Gasteiger partial charge in [-0.2, -0.15) is 5.10 Å². The minimum atomic E-state index is -0.536. The second-order valence-corrected chi connectivity index (χ2v) is 3.92. The topological polar surface area (TPSA) is 64.1 Å². The van der Waals surface area contributed by atoms with E-state index >= 15 is 0 Å². The number of nitrogens with zero attached hydrogens (tertiary/aromatic N) is 3. The van der Waals surface area contributed by atoms with Crippen LogP contribution in [-0.2, 0) is 6.54 Å². The molecule has 2 rings (SSSR count). The Labute approximate surface area is 93.7 Å². The predicted octanol–water partition coefficient (Wildman–Crippen LogP) is 1.59. The Bertz CT molecular complexity index is 466. The number of aromatic nitrogens is 3. The Morgan fingerprint density at radius 1 is 1.50 bits per heavy atom. The molecule has 0 fully saturated rings. The Kier molecular flexibility index (Phi) is 2.78. The summed E-state index contributed by atoms with van der Waals surface area (Å²) in [6.07, 6.45) is 1.31. The van der Waals surface area contributed by atoms with Crippen molar-refractivity contribution in [3.63, 3.8) is 0 Å². The van der Waals surface area contributed by atoms with E-state index in [1.165, 1.54) is 0 Å². The molecule has 86 valence electrons. The third-order valence-corrected chi connectivity index (χ3v) is 2.59. The Morgan fingerprint density at radius 3 is 2.75 bits per heavy atom. The fourth-order valence-electron chi connectivity index (χ4n) is 1.58. The smallest absolute Gasteiger partial charge is 0.138 e. The average Bonchev–Trinajstić information content (AvgIpc) is 2.80. The van der Waals surface area contributed by atoms with Gasteiger partial charge in [0, 0.05) is 11.8 Å². The van der Waals surface area contributed by atoms with E-state index in [9.17, 15) is 5.11 Å². The Morgan fingerprint density at radius 2 is 2.25 bits per heavy atom. The first-order chi connectivity index (χ1) is 7.58. The third-order valence-electron chi connectivity index (χ3n) is 2.59. The van der Waals surface area contributed by atoms with Crippen LogP contribution in [0, 0.1) is 13.8 Å². The molecule has 0 aromatic carbocycles. The van der Waals surface area contributed by atoms with Gasteiger partial charge in [-0.05, 0) is 26.8 Å². The van der Waals surface area contributed by atoms with Crippen molar-refractivity contribution in [2.75, 3.05) is 0 Å². The zero-order valence-corrected chi connectivity index (χ0v) is 9.64. The lowest BCUT2D eigenvalue weighted by Crippen LogP contribution is -2.03.